The number of aldehydes is 1. The van der Waals surface area contributed by atoms with E-state index in [-0.39, 0.29) is 23.7 Å². The standard InChI is InChI=1S/C17H23N3O3/c1-17(2,3)14-8-7-11-12(19-14)10-20(16(11)23)13(6-5-9-21)15(22)18-4/h7-9,13H,5-6,10H2,1-4H3,(H,18,22). The molecule has 1 aromatic heterocycles. The normalized spacial score (nSPS) is 15.3. The highest BCUT2D eigenvalue weighted by Crippen LogP contribution is 2.28. The fourth-order valence-corrected chi connectivity index (χ4v) is 2.69. The van der Waals surface area contributed by atoms with Crippen molar-refractivity contribution in [1.82, 2.24) is 15.2 Å². The van der Waals surface area contributed by atoms with Gasteiger partial charge in [-0.05, 0) is 18.6 Å². The molecule has 0 aliphatic carbocycles. The van der Waals surface area contributed by atoms with Crippen LogP contribution in [0.3, 0.4) is 0 Å². The molecule has 1 N–H and O–H groups in total. The number of nitrogens with zero attached hydrogens (tertiary/aromatic N) is 2. The van der Waals surface area contributed by atoms with Crippen molar-refractivity contribution < 1.29 is 14.4 Å². The molecule has 6 heteroatoms. The minimum atomic E-state index is -0.648. The maximum Gasteiger partial charge on any atom is 0.256 e. The Bertz CT molecular complexity index is 634. The second-order valence-electron chi connectivity index (χ2n) is 6.75. The number of hydrogen-bond donors (Lipinski definition) is 1. The second-order valence-corrected chi connectivity index (χ2v) is 6.75. The van der Waals surface area contributed by atoms with Gasteiger partial charge in [0, 0.05) is 24.6 Å². The number of likely N-dealkylation sites (N-methyl/N-ethyl adjacent to an activating group) is 1. The van der Waals surface area contributed by atoms with Crippen molar-refractivity contribution in [3.8, 4) is 0 Å². The zero-order chi connectivity index (χ0) is 17.2. The van der Waals surface area contributed by atoms with Crippen molar-refractivity contribution in [1.29, 1.82) is 0 Å². The average Bonchev–Trinajstić information content (AvgIpc) is 2.83. The Balaban J connectivity index is 2.31. The van der Waals surface area contributed by atoms with Crippen molar-refractivity contribution in [2.75, 3.05) is 7.05 Å². The lowest BCUT2D eigenvalue weighted by molar-refractivity contribution is -0.125. The third-order valence-electron chi connectivity index (χ3n) is 4.04. The summed E-state index contributed by atoms with van der Waals surface area (Å²) in [5.41, 5.74) is 2.04. The van der Waals surface area contributed by atoms with Crippen LogP contribution in [0.5, 0.6) is 0 Å². The first kappa shape index (κ1) is 17.1. The maximum absolute atomic E-state index is 12.6. The van der Waals surface area contributed by atoms with Gasteiger partial charge in [-0.25, -0.2) is 0 Å². The third kappa shape index (κ3) is 3.41. The number of aromatic nitrogens is 1. The topological polar surface area (TPSA) is 79.4 Å². The highest BCUT2D eigenvalue weighted by molar-refractivity contribution is 6.00. The molecule has 0 saturated carbocycles. The zero-order valence-corrected chi connectivity index (χ0v) is 14.0. The molecule has 2 rings (SSSR count). The Kier molecular flexibility index (Phi) is 4.82. The van der Waals surface area contributed by atoms with E-state index < -0.39 is 6.04 Å². The third-order valence-corrected chi connectivity index (χ3v) is 4.04. The van der Waals surface area contributed by atoms with Gasteiger partial charge in [-0.15, -0.1) is 0 Å². The van der Waals surface area contributed by atoms with Crippen LogP contribution in [-0.4, -0.2) is 41.1 Å². The Labute approximate surface area is 136 Å². The molecule has 0 aromatic carbocycles. The summed E-state index contributed by atoms with van der Waals surface area (Å²) in [5.74, 6) is -0.462. The van der Waals surface area contributed by atoms with Gasteiger partial charge in [0.05, 0.1) is 17.8 Å². The van der Waals surface area contributed by atoms with Gasteiger partial charge in [-0.1, -0.05) is 20.8 Å². The van der Waals surface area contributed by atoms with E-state index >= 15 is 0 Å². The van der Waals surface area contributed by atoms with Gasteiger partial charge in [0.2, 0.25) is 5.91 Å². The predicted octanol–water partition coefficient (Wildman–Crippen LogP) is 1.43. The summed E-state index contributed by atoms with van der Waals surface area (Å²) >= 11 is 0. The van der Waals surface area contributed by atoms with Crippen LogP contribution in [0.2, 0.25) is 0 Å². The molecule has 2 heterocycles. The first-order valence-electron chi connectivity index (χ1n) is 7.76. The average molecular weight is 317 g/mol. The zero-order valence-electron chi connectivity index (χ0n) is 14.0. The largest absolute Gasteiger partial charge is 0.357 e. The molecule has 23 heavy (non-hydrogen) atoms. The molecule has 6 nitrogen and oxygen atoms in total. The van der Waals surface area contributed by atoms with E-state index in [0.29, 0.717) is 24.2 Å². The summed E-state index contributed by atoms with van der Waals surface area (Å²) in [6, 6.07) is 3.00. The summed E-state index contributed by atoms with van der Waals surface area (Å²) in [6.45, 7) is 6.49. The van der Waals surface area contributed by atoms with E-state index in [1.165, 1.54) is 11.9 Å². The molecule has 0 spiro atoms. The van der Waals surface area contributed by atoms with Crippen molar-refractivity contribution in [3.63, 3.8) is 0 Å². The number of rotatable bonds is 5. The van der Waals surface area contributed by atoms with E-state index in [2.05, 4.69) is 31.1 Å². The van der Waals surface area contributed by atoms with Gasteiger partial charge in [0.15, 0.2) is 0 Å². The number of carbonyl (C=O) groups is 3. The van der Waals surface area contributed by atoms with Gasteiger partial charge in [-0.3, -0.25) is 14.6 Å². The van der Waals surface area contributed by atoms with Crippen molar-refractivity contribution in [2.45, 2.75) is 51.6 Å². The molecule has 0 fully saturated rings. The smallest absolute Gasteiger partial charge is 0.256 e. The number of pyridine rings is 1. The molecule has 0 bridgehead atoms. The number of hydrogen-bond acceptors (Lipinski definition) is 4. The fourth-order valence-electron chi connectivity index (χ4n) is 2.69. The monoisotopic (exact) mass is 317 g/mol. The Hall–Kier alpha value is -2.24. The van der Waals surface area contributed by atoms with Crippen molar-refractivity contribution >= 4 is 18.1 Å². The Morgan fingerprint density at radius 1 is 1.43 bits per heavy atom. The number of fused-ring (bicyclic) bond motifs is 1. The van der Waals surface area contributed by atoms with Crippen LogP contribution < -0.4 is 5.32 Å². The first-order valence-corrected chi connectivity index (χ1v) is 7.76. The SMILES string of the molecule is CNC(=O)C(CCC=O)N1Cc2nc(C(C)(C)C)ccc2C1=O. The summed E-state index contributed by atoms with van der Waals surface area (Å²) in [5, 5.41) is 2.56. The molecule has 2 amide bonds. The quantitative estimate of drug-likeness (QED) is 0.833. The molecule has 0 radical (unpaired) electrons. The van der Waals surface area contributed by atoms with Gasteiger partial charge in [-0.2, -0.15) is 0 Å². The van der Waals surface area contributed by atoms with Crippen LogP contribution in [0.15, 0.2) is 12.1 Å². The number of nitrogens with one attached hydrogen (secondary N) is 1. The van der Waals surface area contributed by atoms with Crippen LogP contribution >= 0.6 is 0 Å². The lowest BCUT2D eigenvalue weighted by Crippen LogP contribution is -2.46. The van der Waals surface area contributed by atoms with Crippen LogP contribution in [0.1, 0.15) is 55.4 Å². The second kappa shape index (κ2) is 6.48. The lowest BCUT2D eigenvalue weighted by atomic mass is 9.91. The van der Waals surface area contributed by atoms with E-state index in [9.17, 15) is 14.4 Å². The van der Waals surface area contributed by atoms with Crippen LogP contribution in [0.25, 0.3) is 0 Å². The fraction of sp³-hybridized carbons (Fsp3) is 0.529. The molecule has 1 aliphatic heterocycles. The molecule has 1 aromatic rings. The summed E-state index contributed by atoms with van der Waals surface area (Å²) in [4.78, 5) is 41.4. The van der Waals surface area contributed by atoms with E-state index in [0.717, 1.165) is 12.0 Å². The van der Waals surface area contributed by atoms with Gasteiger partial charge in [0.25, 0.3) is 5.91 Å². The minimum absolute atomic E-state index is 0.108. The number of carbonyl (C=O) groups excluding carboxylic acids is 3. The minimum Gasteiger partial charge on any atom is -0.357 e. The molecule has 1 aliphatic rings. The van der Waals surface area contributed by atoms with Crippen LogP contribution in [0, 0.1) is 0 Å². The van der Waals surface area contributed by atoms with Gasteiger partial charge < -0.3 is 15.0 Å². The maximum atomic E-state index is 12.6. The van der Waals surface area contributed by atoms with Crippen molar-refractivity contribution in [3.05, 3.63) is 29.1 Å². The predicted molar refractivity (Wildman–Crippen MR) is 86.0 cm³/mol. The van der Waals surface area contributed by atoms with Crippen LogP contribution in [-0.2, 0) is 21.5 Å². The molecule has 1 atom stereocenters. The van der Waals surface area contributed by atoms with Gasteiger partial charge in [0.1, 0.15) is 12.3 Å². The molecular formula is C17H23N3O3. The summed E-state index contributed by atoms with van der Waals surface area (Å²) in [7, 11) is 1.53. The van der Waals surface area contributed by atoms with E-state index in [4.69, 9.17) is 0 Å². The van der Waals surface area contributed by atoms with Crippen molar-refractivity contribution in [2.24, 2.45) is 0 Å². The first-order chi connectivity index (χ1) is 10.8. The highest BCUT2D eigenvalue weighted by atomic mass is 16.2. The van der Waals surface area contributed by atoms with Crippen LogP contribution in [0.4, 0.5) is 0 Å². The lowest BCUT2D eigenvalue weighted by Gasteiger charge is -2.25. The molecular weight excluding hydrogens is 294 g/mol. The Morgan fingerprint density at radius 3 is 2.70 bits per heavy atom. The van der Waals surface area contributed by atoms with E-state index in [1.807, 2.05) is 6.07 Å². The molecule has 124 valence electrons. The number of amides is 2. The molecule has 1 unspecified atom stereocenters. The highest BCUT2D eigenvalue weighted by Gasteiger charge is 2.37. The molecule has 0 saturated heterocycles. The van der Waals surface area contributed by atoms with E-state index in [1.54, 1.807) is 6.07 Å². The summed E-state index contributed by atoms with van der Waals surface area (Å²) in [6.07, 6.45) is 1.31. The Morgan fingerprint density at radius 2 is 2.13 bits per heavy atom. The summed E-state index contributed by atoms with van der Waals surface area (Å²) < 4.78 is 0. The van der Waals surface area contributed by atoms with Gasteiger partial charge >= 0.3 is 0 Å².